The highest BCUT2D eigenvalue weighted by Gasteiger charge is 2.44. The second-order valence-electron chi connectivity index (χ2n) is 5.10. The molecule has 0 fully saturated rings. The van der Waals surface area contributed by atoms with Crippen molar-refractivity contribution in [2.45, 2.75) is 12.5 Å². The molecule has 0 aliphatic rings. The Morgan fingerprint density at radius 1 is 0.840 bits per heavy atom. The molecule has 0 bridgehead atoms. The molecule has 1 aromatic heterocycles. The summed E-state index contributed by atoms with van der Waals surface area (Å²) in [4.78, 5) is 8.21. The highest BCUT2D eigenvalue weighted by molar-refractivity contribution is 5.68. The molecule has 7 heteroatoms. The van der Waals surface area contributed by atoms with Crippen LogP contribution in [0.1, 0.15) is 0 Å². The van der Waals surface area contributed by atoms with Gasteiger partial charge in [-0.05, 0) is 0 Å². The van der Waals surface area contributed by atoms with Crippen molar-refractivity contribution in [2.75, 3.05) is 0 Å². The lowest BCUT2D eigenvalue weighted by Crippen LogP contribution is -2.33. The zero-order valence-electron chi connectivity index (χ0n) is 12.7. The molecule has 3 rings (SSSR count). The van der Waals surface area contributed by atoms with E-state index in [9.17, 15) is 17.6 Å². The molecule has 0 aliphatic heterocycles. The smallest absolute Gasteiger partial charge is 0.424 e. The molecule has 0 spiro atoms. The van der Waals surface area contributed by atoms with Gasteiger partial charge in [0.2, 0.25) is 0 Å². The fourth-order valence-corrected chi connectivity index (χ4v) is 2.17. The number of aromatic nitrogens is 2. The second kappa shape index (κ2) is 6.88. The molecule has 3 nitrogen and oxygen atoms in total. The maximum Gasteiger partial charge on any atom is 0.461 e. The van der Waals surface area contributed by atoms with Crippen molar-refractivity contribution in [3.05, 3.63) is 66.9 Å². The number of halogens is 4. The fraction of sp³-hybridized carbons (Fsp3) is 0.111. The Labute approximate surface area is 140 Å². The summed E-state index contributed by atoms with van der Waals surface area (Å²) in [6.07, 6.45) is -7.63. The topological polar surface area (TPSA) is 35.0 Å². The van der Waals surface area contributed by atoms with Gasteiger partial charge < -0.3 is 4.74 Å². The summed E-state index contributed by atoms with van der Waals surface area (Å²) in [5, 5.41) is 0. The summed E-state index contributed by atoms with van der Waals surface area (Å²) in [7, 11) is 0. The standard InChI is InChI=1S/C18H12F4N2O/c19-17(20)18(21,22)25-14-11-23-16(13-9-5-2-6-10-13)24-15(14)12-7-3-1-4-8-12/h1-11,17H. The summed E-state index contributed by atoms with van der Waals surface area (Å²) in [5.41, 5.74) is 1.11. The van der Waals surface area contributed by atoms with Crippen LogP contribution >= 0.6 is 0 Å². The number of ether oxygens (including phenoxy) is 1. The number of nitrogens with zero attached hydrogens (tertiary/aromatic N) is 2. The van der Waals surface area contributed by atoms with E-state index in [1.54, 1.807) is 54.6 Å². The van der Waals surface area contributed by atoms with Gasteiger partial charge in [-0.25, -0.2) is 9.97 Å². The predicted octanol–water partition coefficient (Wildman–Crippen LogP) is 5.05. The van der Waals surface area contributed by atoms with E-state index in [1.807, 2.05) is 6.07 Å². The van der Waals surface area contributed by atoms with Crippen molar-refractivity contribution in [1.29, 1.82) is 0 Å². The molecule has 128 valence electrons. The van der Waals surface area contributed by atoms with Crippen LogP contribution in [-0.2, 0) is 0 Å². The van der Waals surface area contributed by atoms with E-state index >= 15 is 0 Å². The maximum atomic E-state index is 13.3. The van der Waals surface area contributed by atoms with E-state index in [4.69, 9.17) is 0 Å². The lowest BCUT2D eigenvalue weighted by Gasteiger charge is -2.18. The largest absolute Gasteiger partial charge is 0.461 e. The van der Waals surface area contributed by atoms with Crippen molar-refractivity contribution < 1.29 is 22.3 Å². The van der Waals surface area contributed by atoms with E-state index < -0.39 is 18.3 Å². The van der Waals surface area contributed by atoms with E-state index in [-0.39, 0.29) is 11.5 Å². The minimum absolute atomic E-state index is 0.00905. The fourth-order valence-electron chi connectivity index (χ4n) is 2.17. The van der Waals surface area contributed by atoms with Gasteiger partial charge in [0.15, 0.2) is 11.6 Å². The number of alkyl halides is 4. The quantitative estimate of drug-likeness (QED) is 0.606. The second-order valence-corrected chi connectivity index (χ2v) is 5.10. The van der Waals surface area contributed by atoms with Gasteiger partial charge in [-0.2, -0.15) is 17.6 Å². The van der Waals surface area contributed by atoms with Crippen LogP contribution in [0.25, 0.3) is 22.6 Å². The average Bonchev–Trinajstić information content (AvgIpc) is 2.63. The summed E-state index contributed by atoms with van der Waals surface area (Å²) < 4.78 is 55.8. The number of benzene rings is 2. The van der Waals surface area contributed by atoms with Crippen LogP contribution < -0.4 is 4.74 Å². The predicted molar refractivity (Wildman–Crippen MR) is 84.5 cm³/mol. The van der Waals surface area contributed by atoms with Crippen molar-refractivity contribution in [3.63, 3.8) is 0 Å². The van der Waals surface area contributed by atoms with Crippen LogP contribution in [0.4, 0.5) is 17.6 Å². The number of hydrogen-bond donors (Lipinski definition) is 0. The van der Waals surface area contributed by atoms with Gasteiger partial charge >= 0.3 is 12.5 Å². The molecule has 0 aliphatic carbocycles. The van der Waals surface area contributed by atoms with E-state index in [0.29, 0.717) is 11.1 Å². The van der Waals surface area contributed by atoms with Crippen LogP contribution in [0.5, 0.6) is 5.75 Å². The first kappa shape index (κ1) is 16.9. The Bertz CT molecular complexity index is 842. The maximum absolute atomic E-state index is 13.3. The Kier molecular flexibility index (Phi) is 4.65. The molecule has 0 saturated heterocycles. The lowest BCUT2D eigenvalue weighted by molar-refractivity contribution is -0.253. The first-order valence-electron chi connectivity index (χ1n) is 7.30. The van der Waals surface area contributed by atoms with E-state index in [2.05, 4.69) is 14.7 Å². The molecule has 0 amide bonds. The van der Waals surface area contributed by atoms with Crippen molar-refractivity contribution in [1.82, 2.24) is 9.97 Å². The van der Waals surface area contributed by atoms with Crippen molar-refractivity contribution in [2.24, 2.45) is 0 Å². The zero-order chi connectivity index (χ0) is 17.9. The van der Waals surface area contributed by atoms with Crippen LogP contribution in [-0.4, -0.2) is 22.5 Å². The van der Waals surface area contributed by atoms with Crippen LogP contribution in [0, 0.1) is 0 Å². The molecule has 2 aromatic carbocycles. The Morgan fingerprint density at radius 2 is 1.40 bits per heavy atom. The summed E-state index contributed by atoms with van der Waals surface area (Å²) in [6, 6.07) is 17.2. The van der Waals surface area contributed by atoms with Gasteiger partial charge in [0.25, 0.3) is 0 Å². The van der Waals surface area contributed by atoms with Gasteiger partial charge in [-0.3, -0.25) is 0 Å². The minimum Gasteiger partial charge on any atom is -0.424 e. The third-order valence-electron chi connectivity index (χ3n) is 3.33. The van der Waals surface area contributed by atoms with Gasteiger partial charge in [0.1, 0.15) is 5.69 Å². The van der Waals surface area contributed by atoms with Crippen LogP contribution in [0.15, 0.2) is 66.9 Å². The van der Waals surface area contributed by atoms with Gasteiger partial charge in [-0.15, -0.1) is 0 Å². The molecule has 1 heterocycles. The molecular formula is C18H12F4N2O. The molecular weight excluding hydrogens is 336 g/mol. The Hall–Kier alpha value is -2.96. The molecule has 25 heavy (non-hydrogen) atoms. The average molecular weight is 348 g/mol. The number of hydrogen-bond acceptors (Lipinski definition) is 3. The highest BCUT2D eigenvalue weighted by atomic mass is 19.3. The summed E-state index contributed by atoms with van der Waals surface area (Å²) in [6.45, 7) is 0. The molecule has 0 saturated carbocycles. The van der Waals surface area contributed by atoms with Crippen molar-refractivity contribution in [3.8, 4) is 28.4 Å². The Balaban J connectivity index is 2.09. The SMILES string of the molecule is FC(F)C(F)(F)Oc1cnc(-c2ccccc2)nc1-c1ccccc1. The third kappa shape index (κ3) is 3.76. The van der Waals surface area contributed by atoms with E-state index in [1.165, 1.54) is 0 Å². The molecule has 0 unspecified atom stereocenters. The van der Waals surface area contributed by atoms with E-state index in [0.717, 1.165) is 6.20 Å². The van der Waals surface area contributed by atoms with Crippen molar-refractivity contribution >= 4 is 0 Å². The highest BCUT2D eigenvalue weighted by Crippen LogP contribution is 2.34. The Morgan fingerprint density at radius 3 is 1.96 bits per heavy atom. The summed E-state index contributed by atoms with van der Waals surface area (Å²) in [5.74, 6) is -0.247. The molecule has 0 atom stereocenters. The molecule has 0 radical (unpaired) electrons. The first-order chi connectivity index (χ1) is 12.0. The minimum atomic E-state index is -4.64. The zero-order valence-corrected chi connectivity index (χ0v) is 12.7. The number of rotatable bonds is 5. The van der Waals surface area contributed by atoms with Gasteiger partial charge in [-0.1, -0.05) is 60.7 Å². The molecule has 3 aromatic rings. The lowest BCUT2D eigenvalue weighted by atomic mass is 10.1. The third-order valence-corrected chi connectivity index (χ3v) is 3.33. The van der Waals surface area contributed by atoms with Crippen LogP contribution in [0.2, 0.25) is 0 Å². The molecule has 0 N–H and O–H groups in total. The van der Waals surface area contributed by atoms with Gasteiger partial charge in [0.05, 0.1) is 6.20 Å². The monoisotopic (exact) mass is 348 g/mol. The van der Waals surface area contributed by atoms with Gasteiger partial charge in [0, 0.05) is 11.1 Å². The normalized spacial score (nSPS) is 11.6. The summed E-state index contributed by atoms with van der Waals surface area (Å²) >= 11 is 0. The van der Waals surface area contributed by atoms with Crippen LogP contribution in [0.3, 0.4) is 0 Å². The first-order valence-corrected chi connectivity index (χ1v) is 7.30.